The Morgan fingerprint density at radius 3 is 2.12 bits per heavy atom. The maximum atomic E-state index is 11.4. The number of halogens is 1. The van der Waals surface area contributed by atoms with Crippen LogP contribution in [-0.2, 0) is 0 Å². The summed E-state index contributed by atoms with van der Waals surface area (Å²) < 4.78 is 0. The van der Waals surface area contributed by atoms with Crippen LogP contribution < -0.4 is 0 Å². The van der Waals surface area contributed by atoms with E-state index in [2.05, 4.69) is 4.98 Å². The van der Waals surface area contributed by atoms with Crippen LogP contribution in [0.25, 0.3) is 23.1 Å². The molecule has 1 heterocycles. The molecule has 2 aromatic carbocycles. The average molecular weight is 354 g/mol. The molecule has 0 saturated carbocycles. The van der Waals surface area contributed by atoms with E-state index in [9.17, 15) is 19.8 Å². The third-order valence-corrected chi connectivity index (χ3v) is 3.91. The molecule has 2 N–H and O–H groups in total. The number of pyridine rings is 1. The molecule has 3 aromatic rings. The number of aromatic carboxylic acids is 2. The van der Waals surface area contributed by atoms with Crippen LogP contribution in [-0.4, -0.2) is 27.1 Å². The molecule has 6 heteroatoms. The van der Waals surface area contributed by atoms with Crippen LogP contribution in [0, 0.1) is 0 Å². The summed E-state index contributed by atoms with van der Waals surface area (Å²) in [6.07, 6.45) is 3.54. The van der Waals surface area contributed by atoms with Gasteiger partial charge >= 0.3 is 11.9 Å². The summed E-state index contributed by atoms with van der Waals surface area (Å²) in [4.78, 5) is 27.0. The van der Waals surface area contributed by atoms with Crippen molar-refractivity contribution >= 4 is 46.6 Å². The maximum Gasteiger partial charge on any atom is 0.337 e. The van der Waals surface area contributed by atoms with Crippen molar-refractivity contribution in [3.05, 3.63) is 75.9 Å². The largest absolute Gasteiger partial charge is 0.478 e. The zero-order valence-electron chi connectivity index (χ0n) is 12.8. The van der Waals surface area contributed by atoms with Crippen molar-refractivity contribution in [1.29, 1.82) is 0 Å². The number of hydrogen-bond donors (Lipinski definition) is 2. The van der Waals surface area contributed by atoms with E-state index in [4.69, 9.17) is 11.6 Å². The van der Waals surface area contributed by atoms with Crippen molar-refractivity contribution in [3.63, 3.8) is 0 Å². The summed E-state index contributed by atoms with van der Waals surface area (Å²) in [6, 6.07) is 12.9. The fourth-order valence-electron chi connectivity index (χ4n) is 2.44. The predicted octanol–water partition coefficient (Wildman–Crippen LogP) is 4.46. The standard InChI is InChI=1S/C19H12ClNO4/c20-12-4-1-11(2-5-12)3-6-13-7-8-14-15(18(22)23)9-10-16(19(24)25)17(14)21-13/h1-10H,(H,22,23)(H,24,25)/b6-3+. The molecule has 0 unspecified atom stereocenters. The number of aromatic nitrogens is 1. The Bertz CT molecular complexity index is 1010. The first-order chi connectivity index (χ1) is 12.0. The minimum absolute atomic E-state index is 0.0146. The van der Waals surface area contributed by atoms with Gasteiger partial charge < -0.3 is 10.2 Å². The van der Waals surface area contributed by atoms with Crippen molar-refractivity contribution in [2.75, 3.05) is 0 Å². The lowest BCUT2D eigenvalue weighted by Crippen LogP contribution is -2.04. The van der Waals surface area contributed by atoms with Crippen LogP contribution in [0.2, 0.25) is 5.02 Å². The Kier molecular flexibility index (Phi) is 4.50. The monoisotopic (exact) mass is 353 g/mol. The van der Waals surface area contributed by atoms with Gasteiger partial charge in [-0.05, 0) is 48.0 Å². The third kappa shape index (κ3) is 3.51. The number of hydrogen-bond acceptors (Lipinski definition) is 3. The van der Waals surface area contributed by atoms with Gasteiger partial charge in [0.15, 0.2) is 0 Å². The molecule has 0 atom stereocenters. The summed E-state index contributed by atoms with van der Waals surface area (Å²) >= 11 is 5.84. The molecule has 0 aliphatic heterocycles. The van der Waals surface area contributed by atoms with Gasteiger partial charge in [0, 0.05) is 10.4 Å². The van der Waals surface area contributed by atoms with Crippen LogP contribution in [0.15, 0.2) is 48.5 Å². The lowest BCUT2D eigenvalue weighted by Gasteiger charge is -2.06. The van der Waals surface area contributed by atoms with Gasteiger partial charge in [-0.3, -0.25) is 0 Å². The fourth-order valence-corrected chi connectivity index (χ4v) is 2.57. The van der Waals surface area contributed by atoms with E-state index in [1.54, 1.807) is 30.3 Å². The molecule has 0 amide bonds. The smallest absolute Gasteiger partial charge is 0.337 e. The topological polar surface area (TPSA) is 87.5 Å². The number of benzene rings is 2. The Hall–Kier alpha value is -3.18. The molecule has 0 aliphatic rings. The Morgan fingerprint density at radius 2 is 1.48 bits per heavy atom. The van der Waals surface area contributed by atoms with Gasteiger partial charge in [-0.15, -0.1) is 0 Å². The highest BCUT2D eigenvalue weighted by Crippen LogP contribution is 2.23. The lowest BCUT2D eigenvalue weighted by atomic mass is 10.0. The van der Waals surface area contributed by atoms with Crippen molar-refractivity contribution in [3.8, 4) is 0 Å². The van der Waals surface area contributed by atoms with Crippen molar-refractivity contribution in [2.45, 2.75) is 0 Å². The molecule has 3 rings (SSSR count). The summed E-state index contributed by atoms with van der Waals surface area (Å²) in [7, 11) is 0. The van der Waals surface area contributed by atoms with E-state index in [1.165, 1.54) is 12.1 Å². The first-order valence-corrected chi connectivity index (χ1v) is 7.67. The highest BCUT2D eigenvalue weighted by molar-refractivity contribution is 6.30. The van der Waals surface area contributed by atoms with E-state index in [1.807, 2.05) is 18.2 Å². The normalized spacial score (nSPS) is 11.1. The zero-order valence-corrected chi connectivity index (χ0v) is 13.6. The van der Waals surface area contributed by atoms with E-state index < -0.39 is 11.9 Å². The number of rotatable bonds is 4. The molecule has 0 spiro atoms. The Morgan fingerprint density at radius 1 is 0.840 bits per heavy atom. The van der Waals surface area contributed by atoms with Gasteiger partial charge in [0.1, 0.15) is 0 Å². The minimum atomic E-state index is -1.16. The second kappa shape index (κ2) is 6.75. The number of fused-ring (bicyclic) bond motifs is 1. The van der Waals surface area contributed by atoms with Gasteiger partial charge in [0.2, 0.25) is 0 Å². The van der Waals surface area contributed by atoms with Gasteiger partial charge in [-0.25, -0.2) is 14.6 Å². The van der Waals surface area contributed by atoms with Gasteiger partial charge in [-0.1, -0.05) is 29.8 Å². The van der Waals surface area contributed by atoms with Crippen LogP contribution >= 0.6 is 11.6 Å². The van der Waals surface area contributed by atoms with Crippen LogP contribution in [0.4, 0.5) is 0 Å². The van der Waals surface area contributed by atoms with Gasteiger partial charge in [0.05, 0.1) is 22.3 Å². The Labute approximate surface area is 147 Å². The number of carboxylic acid groups (broad SMARTS) is 2. The molecule has 0 bridgehead atoms. The third-order valence-electron chi connectivity index (χ3n) is 3.66. The van der Waals surface area contributed by atoms with Crippen LogP contribution in [0.3, 0.4) is 0 Å². The number of carbonyl (C=O) groups is 2. The second-order valence-corrected chi connectivity index (χ2v) is 5.72. The second-order valence-electron chi connectivity index (χ2n) is 5.29. The molecule has 0 aliphatic carbocycles. The first-order valence-electron chi connectivity index (χ1n) is 7.30. The van der Waals surface area contributed by atoms with Crippen molar-refractivity contribution in [2.24, 2.45) is 0 Å². The highest BCUT2D eigenvalue weighted by Gasteiger charge is 2.16. The van der Waals surface area contributed by atoms with Crippen molar-refractivity contribution in [1.82, 2.24) is 4.98 Å². The molecular formula is C19H12ClNO4. The summed E-state index contributed by atoms with van der Waals surface area (Å²) in [5, 5.41) is 19.5. The first kappa shape index (κ1) is 16.7. The van der Waals surface area contributed by atoms with Gasteiger partial charge in [-0.2, -0.15) is 0 Å². The number of nitrogens with zero attached hydrogens (tertiary/aromatic N) is 1. The molecule has 5 nitrogen and oxygen atoms in total. The lowest BCUT2D eigenvalue weighted by molar-refractivity contribution is 0.0684. The number of carboxylic acids is 2. The minimum Gasteiger partial charge on any atom is -0.478 e. The maximum absolute atomic E-state index is 11.4. The van der Waals surface area contributed by atoms with Gasteiger partial charge in [0.25, 0.3) is 0 Å². The SMILES string of the molecule is O=C(O)c1ccc(C(=O)O)c2nc(/C=C/c3ccc(Cl)cc3)ccc12. The molecule has 124 valence electrons. The quantitative estimate of drug-likeness (QED) is 0.723. The average Bonchev–Trinajstić information content (AvgIpc) is 2.59. The van der Waals surface area contributed by atoms with Crippen molar-refractivity contribution < 1.29 is 19.8 Å². The summed E-state index contributed by atoms with van der Waals surface area (Å²) in [5.74, 6) is -2.29. The van der Waals surface area contributed by atoms with Crippen LogP contribution in [0.1, 0.15) is 32.0 Å². The van der Waals surface area contributed by atoms with E-state index in [0.29, 0.717) is 10.7 Å². The molecule has 0 saturated heterocycles. The van der Waals surface area contributed by atoms with E-state index in [-0.39, 0.29) is 22.0 Å². The summed E-state index contributed by atoms with van der Waals surface area (Å²) in [6.45, 7) is 0. The molecule has 1 aromatic heterocycles. The fraction of sp³-hybridized carbons (Fsp3) is 0. The highest BCUT2D eigenvalue weighted by atomic mass is 35.5. The Balaban J connectivity index is 2.09. The molecule has 0 fully saturated rings. The molecule has 25 heavy (non-hydrogen) atoms. The van der Waals surface area contributed by atoms with Crippen LogP contribution in [0.5, 0.6) is 0 Å². The molecule has 0 radical (unpaired) electrons. The summed E-state index contributed by atoms with van der Waals surface area (Å²) in [5.41, 5.74) is 1.55. The predicted molar refractivity (Wildman–Crippen MR) is 96.0 cm³/mol. The van der Waals surface area contributed by atoms with E-state index >= 15 is 0 Å². The zero-order chi connectivity index (χ0) is 18.0. The molecular weight excluding hydrogens is 342 g/mol. The van der Waals surface area contributed by atoms with E-state index in [0.717, 1.165) is 5.56 Å².